The lowest BCUT2D eigenvalue weighted by atomic mass is 9.93. The monoisotopic (exact) mass is 313 g/mol. The van der Waals surface area contributed by atoms with E-state index in [2.05, 4.69) is 77.6 Å². The van der Waals surface area contributed by atoms with E-state index in [0.29, 0.717) is 5.92 Å². The first-order valence-corrected chi connectivity index (χ1v) is 8.29. The maximum atomic E-state index is 4.76. The predicted octanol–water partition coefficient (Wildman–Crippen LogP) is 4.98. The van der Waals surface area contributed by atoms with Crippen LogP contribution in [0.15, 0.2) is 60.7 Å². The van der Waals surface area contributed by atoms with E-state index < -0.39 is 0 Å². The molecular formula is C21H19N3. The maximum Gasteiger partial charge on any atom is 0.163 e. The zero-order valence-corrected chi connectivity index (χ0v) is 13.9. The van der Waals surface area contributed by atoms with Gasteiger partial charge in [0.15, 0.2) is 11.6 Å². The number of rotatable bonds is 2. The normalized spacial score (nSPS) is 17.1. The van der Waals surface area contributed by atoms with Crippen LogP contribution in [0.5, 0.6) is 0 Å². The van der Waals surface area contributed by atoms with E-state index in [1.807, 2.05) is 6.92 Å². The Hall–Kier alpha value is -2.81. The first kappa shape index (κ1) is 14.8. The lowest BCUT2D eigenvalue weighted by molar-refractivity contribution is 0.744. The molecule has 0 saturated heterocycles. The summed E-state index contributed by atoms with van der Waals surface area (Å²) in [5.74, 6) is 2.72. The minimum atomic E-state index is 0.432. The van der Waals surface area contributed by atoms with Gasteiger partial charge in [0.05, 0.1) is 0 Å². The minimum absolute atomic E-state index is 0.432. The van der Waals surface area contributed by atoms with Crippen LogP contribution in [0.3, 0.4) is 0 Å². The zero-order chi connectivity index (χ0) is 16.5. The Bertz CT molecular complexity index is 970. The van der Waals surface area contributed by atoms with Crippen LogP contribution in [0.4, 0.5) is 0 Å². The molecule has 1 aliphatic carbocycles. The van der Waals surface area contributed by atoms with Gasteiger partial charge in [-0.2, -0.15) is 0 Å². The van der Waals surface area contributed by atoms with Crippen molar-refractivity contribution in [1.82, 2.24) is 15.0 Å². The molecule has 1 unspecified atom stereocenters. The zero-order valence-electron chi connectivity index (χ0n) is 13.9. The van der Waals surface area contributed by atoms with Crippen molar-refractivity contribution in [3.05, 3.63) is 72.3 Å². The van der Waals surface area contributed by atoms with Gasteiger partial charge in [-0.3, -0.25) is 0 Å². The van der Waals surface area contributed by atoms with Crippen LogP contribution in [-0.2, 0) is 0 Å². The smallest absolute Gasteiger partial charge is 0.163 e. The Kier molecular flexibility index (Phi) is 3.69. The molecule has 1 aromatic heterocycles. The molecule has 118 valence electrons. The molecular weight excluding hydrogens is 294 g/mol. The Morgan fingerprint density at radius 1 is 0.917 bits per heavy atom. The average Bonchev–Trinajstić information content (AvgIpc) is 2.61. The number of nitrogens with zero attached hydrogens (tertiary/aromatic N) is 3. The van der Waals surface area contributed by atoms with Crippen molar-refractivity contribution in [2.24, 2.45) is 5.92 Å². The highest BCUT2D eigenvalue weighted by molar-refractivity contribution is 5.86. The summed E-state index contributed by atoms with van der Waals surface area (Å²) in [6, 6.07) is 14.7. The van der Waals surface area contributed by atoms with Crippen LogP contribution >= 0.6 is 0 Å². The molecule has 1 heterocycles. The van der Waals surface area contributed by atoms with E-state index in [9.17, 15) is 0 Å². The van der Waals surface area contributed by atoms with Crippen LogP contribution in [-0.4, -0.2) is 15.0 Å². The fourth-order valence-corrected chi connectivity index (χ4v) is 3.11. The topological polar surface area (TPSA) is 38.7 Å². The van der Waals surface area contributed by atoms with Crippen LogP contribution in [0.25, 0.3) is 27.7 Å². The second kappa shape index (κ2) is 6.00. The van der Waals surface area contributed by atoms with Gasteiger partial charge in [-0.1, -0.05) is 61.5 Å². The molecule has 3 heteroatoms. The van der Waals surface area contributed by atoms with Crippen molar-refractivity contribution in [3.8, 4) is 11.4 Å². The number of allylic oxidation sites excluding steroid dienone is 4. The summed E-state index contributed by atoms with van der Waals surface area (Å²) in [6.45, 7) is 4.14. The third-order valence-corrected chi connectivity index (χ3v) is 4.45. The van der Waals surface area contributed by atoms with E-state index in [-0.39, 0.29) is 0 Å². The lowest BCUT2D eigenvalue weighted by Crippen LogP contribution is -2.08. The first-order chi connectivity index (χ1) is 11.7. The SMILES string of the molecule is Cc1nc(C2=CC=CCC2C)nc(-c2ccc3ccccc3c2)n1. The quantitative estimate of drug-likeness (QED) is 0.669. The molecule has 1 atom stereocenters. The Morgan fingerprint density at radius 2 is 1.71 bits per heavy atom. The van der Waals surface area contributed by atoms with Gasteiger partial charge in [0.2, 0.25) is 0 Å². The largest absolute Gasteiger partial charge is 0.214 e. The van der Waals surface area contributed by atoms with Gasteiger partial charge in [0, 0.05) is 11.1 Å². The maximum absolute atomic E-state index is 4.76. The Balaban J connectivity index is 1.83. The molecule has 3 nitrogen and oxygen atoms in total. The van der Waals surface area contributed by atoms with Crippen molar-refractivity contribution in [2.45, 2.75) is 20.3 Å². The van der Waals surface area contributed by atoms with Gasteiger partial charge in [0.1, 0.15) is 5.82 Å². The van der Waals surface area contributed by atoms with Crippen molar-refractivity contribution >= 4 is 16.3 Å². The van der Waals surface area contributed by atoms with Crippen molar-refractivity contribution in [1.29, 1.82) is 0 Å². The summed E-state index contributed by atoms with van der Waals surface area (Å²) in [7, 11) is 0. The molecule has 2 aromatic carbocycles. The lowest BCUT2D eigenvalue weighted by Gasteiger charge is -2.16. The number of hydrogen-bond donors (Lipinski definition) is 0. The fraction of sp³-hybridized carbons (Fsp3) is 0.190. The van der Waals surface area contributed by atoms with Gasteiger partial charge in [-0.05, 0) is 36.1 Å². The van der Waals surface area contributed by atoms with Crippen LogP contribution in [0.2, 0.25) is 0 Å². The van der Waals surface area contributed by atoms with Crippen molar-refractivity contribution in [2.75, 3.05) is 0 Å². The van der Waals surface area contributed by atoms with Crippen LogP contribution in [0.1, 0.15) is 25.0 Å². The number of aryl methyl sites for hydroxylation is 1. The molecule has 0 radical (unpaired) electrons. The highest BCUT2D eigenvalue weighted by Gasteiger charge is 2.17. The van der Waals surface area contributed by atoms with E-state index in [0.717, 1.165) is 29.5 Å². The molecule has 1 aliphatic rings. The second-order valence-corrected chi connectivity index (χ2v) is 6.28. The molecule has 0 fully saturated rings. The Labute approximate surface area is 141 Å². The summed E-state index contributed by atoms with van der Waals surface area (Å²) in [4.78, 5) is 13.9. The van der Waals surface area contributed by atoms with Crippen molar-refractivity contribution in [3.63, 3.8) is 0 Å². The van der Waals surface area contributed by atoms with Gasteiger partial charge >= 0.3 is 0 Å². The Morgan fingerprint density at radius 3 is 2.54 bits per heavy atom. The average molecular weight is 313 g/mol. The minimum Gasteiger partial charge on any atom is -0.214 e. The van der Waals surface area contributed by atoms with Gasteiger partial charge < -0.3 is 0 Å². The predicted molar refractivity (Wildman–Crippen MR) is 98.4 cm³/mol. The van der Waals surface area contributed by atoms with Crippen LogP contribution in [0, 0.1) is 12.8 Å². The number of benzene rings is 2. The van der Waals surface area contributed by atoms with E-state index >= 15 is 0 Å². The number of fused-ring (bicyclic) bond motifs is 1. The molecule has 4 rings (SSSR count). The van der Waals surface area contributed by atoms with Gasteiger partial charge in [-0.15, -0.1) is 0 Å². The molecule has 3 aromatic rings. The molecule has 0 saturated carbocycles. The highest BCUT2D eigenvalue weighted by atomic mass is 15.0. The summed E-state index contributed by atoms with van der Waals surface area (Å²) in [5.41, 5.74) is 2.21. The second-order valence-electron chi connectivity index (χ2n) is 6.28. The molecule has 24 heavy (non-hydrogen) atoms. The van der Waals surface area contributed by atoms with Gasteiger partial charge in [0.25, 0.3) is 0 Å². The fourth-order valence-electron chi connectivity index (χ4n) is 3.11. The standard InChI is InChI=1S/C21H19N3/c1-14-7-3-6-10-19(14)21-23-15(2)22-20(24-21)18-12-11-16-8-4-5-9-17(16)13-18/h3-6,8-14H,7H2,1-2H3. The number of hydrogen-bond acceptors (Lipinski definition) is 3. The van der Waals surface area contributed by atoms with Crippen molar-refractivity contribution < 1.29 is 0 Å². The molecule has 0 aliphatic heterocycles. The van der Waals surface area contributed by atoms with E-state index in [4.69, 9.17) is 4.98 Å². The molecule has 0 spiro atoms. The van der Waals surface area contributed by atoms with Crippen LogP contribution < -0.4 is 0 Å². The highest BCUT2D eigenvalue weighted by Crippen LogP contribution is 2.28. The summed E-state index contributed by atoms with van der Waals surface area (Å²) < 4.78 is 0. The van der Waals surface area contributed by atoms with E-state index in [1.165, 1.54) is 16.3 Å². The summed E-state index contributed by atoms with van der Waals surface area (Å²) in [6.07, 6.45) is 7.42. The molecule has 0 N–H and O–H groups in total. The molecule has 0 bridgehead atoms. The van der Waals surface area contributed by atoms with E-state index in [1.54, 1.807) is 0 Å². The summed E-state index contributed by atoms with van der Waals surface area (Å²) >= 11 is 0. The third kappa shape index (κ3) is 2.73. The number of aromatic nitrogens is 3. The summed E-state index contributed by atoms with van der Waals surface area (Å²) in [5, 5.41) is 2.42. The molecule has 0 amide bonds. The third-order valence-electron chi connectivity index (χ3n) is 4.45. The first-order valence-electron chi connectivity index (χ1n) is 8.29. The van der Waals surface area contributed by atoms with Gasteiger partial charge in [-0.25, -0.2) is 15.0 Å².